The molecule has 0 saturated heterocycles. The first-order valence-corrected chi connectivity index (χ1v) is 10.4. The molecule has 3 rings (SSSR count). The van der Waals surface area contributed by atoms with Crippen LogP contribution < -0.4 is 16.4 Å². The van der Waals surface area contributed by atoms with Crippen molar-refractivity contribution in [1.82, 2.24) is 5.32 Å². The van der Waals surface area contributed by atoms with E-state index in [1.807, 2.05) is 38.1 Å². The fourth-order valence-corrected chi connectivity index (χ4v) is 4.55. The fourth-order valence-electron chi connectivity index (χ4n) is 4.55. The number of carbonyl (C=O) groups excluding carboxylic acids is 2. The van der Waals surface area contributed by atoms with E-state index in [1.54, 1.807) is 0 Å². The van der Waals surface area contributed by atoms with E-state index in [0.717, 1.165) is 30.5 Å². The van der Waals surface area contributed by atoms with Crippen molar-refractivity contribution in [2.24, 2.45) is 29.4 Å². The molecule has 0 spiro atoms. The molecule has 5 heteroatoms. The maximum atomic E-state index is 12.7. The Labute approximate surface area is 162 Å². The van der Waals surface area contributed by atoms with E-state index in [0.29, 0.717) is 18.4 Å². The molecule has 0 heterocycles. The van der Waals surface area contributed by atoms with Crippen LogP contribution in [0.5, 0.6) is 0 Å². The van der Waals surface area contributed by atoms with Gasteiger partial charge in [-0.2, -0.15) is 0 Å². The summed E-state index contributed by atoms with van der Waals surface area (Å²) in [6.45, 7) is 4.41. The van der Waals surface area contributed by atoms with Crippen LogP contribution in [0, 0.1) is 23.7 Å². The van der Waals surface area contributed by atoms with Gasteiger partial charge in [0, 0.05) is 30.1 Å². The van der Waals surface area contributed by atoms with Crippen LogP contribution in [0.4, 0.5) is 5.69 Å². The Balaban J connectivity index is 1.53. The number of carbonyl (C=O) groups is 2. The molecule has 2 aliphatic rings. The summed E-state index contributed by atoms with van der Waals surface area (Å²) in [5.74, 6) is 1.27. The number of nitrogens with one attached hydrogen (secondary N) is 2. The highest BCUT2D eigenvalue weighted by Gasteiger charge is 2.40. The minimum Gasteiger partial charge on any atom is -0.352 e. The minimum atomic E-state index is -0.00881. The largest absolute Gasteiger partial charge is 0.352 e. The third-order valence-electron chi connectivity index (χ3n) is 6.51. The third kappa shape index (κ3) is 4.89. The third-order valence-corrected chi connectivity index (χ3v) is 6.51. The van der Waals surface area contributed by atoms with Crippen molar-refractivity contribution >= 4 is 17.5 Å². The van der Waals surface area contributed by atoms with Crippen LogP contribution >= 0.6 is 0 Å². The molecule has 27 heavy (non-hydrogen) atoms. The summed E-state index contributed by atoms with van der Waals surface area (Å²) in [6.07, 6.45) is 6.25. The molecule has 1 aromatic carbocycles. The first kappa shape index (κ1) is 19.9. The molecule has 2 fully saturated rings. The lowest BCUT2D eigenvalue weighted by Crippen LogP contribution is -2.49. The molecule has 0 aromatic heterocycles. The van der Waals surface area contributed by atoms with Gasteiger partial charge < -0.3 is 16.4 Å². The van der Waals surface area contributed by atoms with Crippen LogP contribution in [-0.4, -0.2) is 17.9 Å². The summed E-state index contributed by atoms with van der Waals surface area (Å²) in [6, 6.07) is 8.00. The first-order valence-electron chi connectivity index (χ1n) is 10.4. The molecule has 0 radical (unpaired) electrons. The van der Waals surface area contributed by atoms with E-state index < -0.39 is 0 Å². The molecule has 148 valence electrons. The summed E-state index contributed by atoms with van der Waals surface area (Å²) in [4.78, 5) is 24.7. The second-order valence-corrected chi connectivity index (χ2v) is 8.41. The van der Waals surface area contributed by atoms with Gasteiger partial charge in [0.1, 0.15) is 0 Å². The standard InChI is InChI=1S/C22H33N3O2/c1-3-14(2)21(26)25-19-9-4-6-15(10-19)13-24-22(27)18-11-16-7-5-8-17(12-18)20(16)23/h4,6,9-10,14,16-18,20H,3,5,7-8,11-13,23H2,1-2H3,(H,24,27)(H,25,26). The number of anilines is 1. The lowest BCUT2D eigenvalue weighted by Gasteiger charge is -2.43. The van der Waals surface area contributed by atoms with Gasteiger partial charge in [0.25, 0.3) is 0 Å². The van der Waals surface area contributed by atoms with E-state index in [-0.39, 0.29) is 29.7 Å². The molecular formula is C22H33N3O2. The zero-order valence-electron chi connectivity index (χ0n) is 16.5. The van der Waals surface area contributed by atoms with Gasteiger partial charge >= 0.3 is 0 Å². The van der Waals surface area contributed by atoms with Crippen molar-refractivity contribution in [2.75, 3.05) is 5.32 Å². The Bertz CT molecular complexity index is 661. The van der Waals surface area contributed by atoms with Crippen LogP contribution in [0.25, 0.3) is 0 Å². The first-order chi connectivity index (χ1) is 13.0. The maximum Gasteiger partial charge on any atom is 0.227 e. The quantitative estimate of drug-likeness (QED) is 0.716. The van der Waals surface area contributed by atoms with E-state index in [2.05, 4.69) is 10.6 Å². The lowest BCUT2D eigenvalue weighted by molar-refractivity contribution is -0.128. The maximum absolute atomic E-state index is 12.7. The van der Waals surface area contributed by atoms with Gasteiger partial charge in [0.05, 0.1) is 0 Å². The topological polar surface area (TPSA) is 84.2 Å². The van der Waals surface area contributed by atoms with Gasteiger partial charge in [-0.1, -0.05) is 32.4 Å². The monoisotopic (exact) mass is 371 g/mol. The van der Waals surface area contributed by atoms with Crippen LogP contribution in [0.15, 0.2) is 24.3 Å². The number of benzene rings is 1. The predicted molar refractivity (Wildman–Crippen MR) is 108 cm³/mol. The van der Waals surface area contributed by atoms with Crippen molar-refractivity contribution in [2.45, 2.75) is 65.0 Å². The van der Waals surface area contributed by atoms with Gasteiger partial charge in [-0.15, -0.1) is 0 Å². The molecule has 1 aromatic rings. The van der Waals surface area contributed by atoms with Crippen LogP contribution in [0.3, 0.4) is 0 Å². The molecule has 5 nitrogen and oxygen atoms in total. The minimum absolute atomic E-state index is 0.00881. The van der Waals surface area contributed by atoms with Crippen LogP contribution in [-0.2, 0) is 16.1 Å². The van der Waals surface area contributed by atoms with Gasteiger partial charge in [-0.05, 0) is 61.6 Å². The molecule has 3 unspecified atom stereocenters. The highest BCUT2D eigenvalue weighted by molar-refractivity contribution is 5.92. The number of hydrogen-bond donors (Lipinski definition) is 3. The number of fused-ring (bicyclic) bond motifs is 2. The lowest BCUT2D eigenvalue weighted by atomic mass is 9.65. The number of hydrogen-bond acceptors (Lipinski definition) is 3. The van der Waals surface area contributed by atoms with Crippen LogP contribution in [0.1, 0.15) is 57.9 Å². The molecular weight excluding hydrogens is 338 g/mol. The zero-order valence-corrected chi connectivity index (χ0v) is 16.5. The average Bonchev–Trinajstić information content (AvgIpc) is 2.65. The molecule has 2 aliphatic carbocycles. The normalized spacial score (nSPS) is 28.3. The summed E-state index contributed by atoms with van der Waals surface area (Å²) >= 11 is 0. The zero-order chi connectivity index (χ0) is 19.4. The van der Waals surface area contributed by atoms with Crippen molar-refractivity contribution < 1.29 is 9.59 Å². The van der Waals surface area contributed by atoms with Crippen molar-refractivity contribution in [3.05, 3.63) is 29.8 Å². The van der Waals surface area contributed by atoms with E-state index >= 15 is 0 Å². The van der Waals surface area contributed by atoms with E-state index in [9.17, 15) is 9.59 Å². The molecule has 0 aliphatic heterocycles. The smallest absolute Gasteiger partial charge is 0.227 e. The highest BCUT2D eigenvalue weighted by atomic mass is 16.2. The van der Waals surface area contributed by atoms with Crippen molar-refractivity contribution in [3.63, 3.8) is 0 Å². The van der Waals surface area contributed by atoms with Crippen molar-refractivity contribution in [1.29, 1.82) is 0 Å². The molecule has 3 atom stereocenters. The van der Waals surface area contributed by atoms with Crippen LogP contribution in [0.2, 0.25) is 0 Å². The average molecular weight is 372 g/mol. The van der Waals surface area contributed by atoms with Gasteiger partial charge in [0.2, 0.25) is 11.8 Å². The summed E-state index contributed by atoms with van der Waals surface area (Å²) in [5, 5.41) is 6.04. The number of amides is 2. The SMILES string of the molecule is CCC(C)C(=O)Nc1cccc(CNC(=O)C2CC3CCCC(C2)C3N)c1. The predicted octanol–water partition coefficient (Wildman–Crippen LogP) is 3.44. The molecule has 4 N–H and O–H groups in total. The summed E-state index contributed by atoms with van der Waals surface area (Å²) in [7, 11) is 0. The number of rotatable bonds is 6. The van der Waals surface area contributed by atoms with Gasteiger partial charge in [-0.25, -0.2) is 0 Å². The van der Waals surface area contributed by atoms with Gasteiger partial charge in [-0.3, -0.25) is 9.59 Å². The Kier molecular flexibility index (Phi) is 6.53. The second kappa shape index (κ2) is 8.87. The Hall–Kier alpha value is -1.88. The second-order valence-electron chi connectivity index (χ2n) is 8.41. The van der Waals surface area contributed by atoms with E-state index in [1.165, 1.54) is 19.3 Å². The van der Waals surface area contributed by atoms with E-state index in [4.69, 9.17) is 5.73 Å². The Morgan fingerprint density at radius 1 is 1.22 bits per heavy atom. The molecule has 2 saturated carbocycles. The van der Waals surface area contributed by atoms with Gasteiger partial charge in [0.15, 0.2) is 0 Å². The van der Waals surface area contributed by atoms with Crippen molar-refractivity contribution in [3.8, 4) is 0 Å². The Morgan fingerprint density at radius 2 is 1.93 bits per heavy atom. The summed E-state index contributed by atoms with van der Waals surface area (Å²) < 4.78 is 0. The fraction of sp³-hybridized carbons (Fsp3) is 0.636. The molecule has 2 amide bonds. The summed E-state index contributed by atoms with van der Waals surface area (Å²) in [5.41, 5.74) is 8.11. The Morgan fingerprint density at radius 3 is 2.59 bits per heavy atom. The number of nitrogens with two attached hydrogens (primary N) is 1. The highest BCUT2D eigenvalue weighted by Crippen LogP contribution is 2.41. The molecule has 2 bridgehead atoms.